The van der Waals surface area contributed by atoms with E-state index < -0.39 is 11.9 Å². The van der Waals surface area contributed by atoms with E-state index in [9.17, 15) is 9.59 Å². The fraction of sp³-hybridized carbons (Fsp3) is 0.692. The molecule has 5 heteroatoms. The second-order valence-corrected chi connectivity index (χ2v) is 4.84. The first kappa shape index (κ1) is 14.5. The number of carbonyl (C=O) groups is 2. The molecule has 0 aromatic rings. The molecule has 0 spiro atoms. The van der Waals surface area contributed by atoms with Gasteiger partial charge in [-0.25, -0.2) is 4.79 Å². The molecular weight excluding hydrogens is 232 g/mol. The number of allylic oxidation sites excluding steroid dienone is 1. The predicted molar refractivity (Wildman–Crippen MR) is 69.4 cm³/mol. The van der Waals surface area contributed by atoms with Crippen molar-refractivity contribution in [1.82, 2.24) is 10.2 Å². The number of carbonyl (C=O) groups excluding carboxylic acids is 1. The lowest BCUT2D eigenvalue weighted by Crippen LogP contribution is -2.43. The van der Waals surface area contributed by atoms with Crippen LogP contribution in [0.25, 0.3) is 0 Å². The van der Waals surface area contributed by atoms with Gasteiger partial charge < -0.3 is 15.3 Å². The van der Waals surface area contributed by atoms with Crippen molar-refractivity contribution in [2.75, 3.05) is 13.1 Å². The Labute approximate surface area is 108 Å². The fourth-order valence-corrected chi connectivity index (χ4v) is 2.09. The summed E-state index contributed by atoms with van der Waals surface area (Å²) in [7, 11) is 0. The predicted octanol–water partition coefficient (Wildman–Crippen LogP) is 1.85. The molecule has 1 saturated heterocycles. The number of hydrogen-bond acceptors (Lipinski definition) is 2. The lowest BCUT2D eigenvalue weighted by molar-refractivity contribution is -0.141. The Morgan fingerprint density at radius 1 is 1.61 bits per heavy atom. The van der Waals surface area contributed by atoms with E-state index in [1.807, 2.05) is 13.0 Å². The molecular formula is C13H22N2O3. The number of carboxylic acids is 1. The number of amides is 2. The first-order chi connectivity index (χ1) is 8.54. The Balaban J connectivity index is 2.28. The standard InChI is InChI=1S/C13H22N2O3/c1-3-4-5-6-10(2)14-13(18)15-8-7-11(9-15)12(16)17/h3,10-11H,1,4-9H2,2H3,(H,14,18)(H,16,17). The molecule has 0 saturated carbocycles. The topological polar surface area (TPSA) is 69.6 Å². The van der Waals surface area contributed by atoms with Gasteiger partial charge in [0.1, 0.15) is 0 Å². The van der Waals surface area contributed by atoms with Crippen LogP contribution in [0.2, 0.25) is 0 Å². The molecule has 102 valence electrons. The molecule has 0 aromatic heterocycles. The molecule has 1 aliphatic heterocycles. The van der Waals surface area contributed by atoms with Gasteiger partial charge in [-0.1, -0.05) is 6.08 Å². The van der Waals surface area contributed by atoms with E-state index in [1.165, 1.54) is 0 Å². The summed E-state index contributed by atoms with van der Waals surface area (Å²) in [5.41, 5.74) is 0. The highest BCUT2D eigenvalue weighted by Crippen LogP contribution is 2.16. The van der Waals surface area contributed by atoms with Crippen LogP contribution in [0.4, 0.5) is 4.79 Å². The fourth-order valence-electron chi connectivity index (χ4n) is 2.09. The molecule has 1 rings (SSSR count). The summed E-state index contributed by atoms with van der Waals surface area (Å²) in [6.07, 6.45) is 5.28. The lowest BCUT2D eigenvalue weighted by atomic mass is 10.1. The van der Waals surface area contributed by atoms with E-state index >= 15 is 0 Å². The minimum Gasteiger partial charge on any atom is -0.481 e. The smallest absolute Gasteiger partial charge is 0.317 e. The summed E-state index contributed by atoms with van der Waals surface area (Å²) in [6.45, 7) is 6.47. The minimum atomic E-state index is -0.815. The molecule has 0 aromatic carbocycles. The van der Waals surface area contributed by atoms with E-state index in [-0.39, 0.29) is 12.1 Å². The number of nitrogens with one attached hydrogen (secondary N) is 1. The lowest BCUT2D eigenvalue weighted by Gasteiger charge is -2.20. The van der Waals surface area contributed by atoms with Crippen LogP contribution in [0, 0.1) is 5.92 Å². The number of aliphatic carboxylic acids is 1. The number of urea groups is 1. The van der Waals surface area contributed by atoms with Gasteiger partial charge in [0.05, 0.1) is 5.92 Å². The second kappa shape index (κ2) is 7.03. The summed E-state index contributed by atoms with van der Waals surface area (Å²) in [5, 5.41) is 11.8. The van der Waals surface area contributed by atoms with Crippen molar-refractivity contribution >= 4 is 12.0 Å². The van der Waals surface area contributed by atoms with Gasteiger partial charge in [0, 0.05) is 19.1 Å². The number of hydrogen-bond donors (Lipinski definition) is 2. The number of rotatable bonds is 6. The Hall–Kier alpha value is -1.52. The zero-order chi connectivity index (χ0) is 13.5. The zero-order valence-electron chi connectivity index (χ0n) is 10.9. The normalized spacial score (nSPS) is 20.5. The molecule has 2 unspecified atom stereocenters. The van der Waals surface area contributed by atoms with E-state index in [0.29, 0.717) is 19.5 Å². The van der Waals surface area contributed by atoms with Gasteiger partial charge in [0.15, 0.2) is 0 Å². The zero-order valence-corrected chi connectivity index (χ0v) is 10.9. The van der Waals surface area contributed by atoms with Gasteiger partial charge in [0.2, 0.25) is 0 Å². The van der Waals surface area contributed by atoms with Crippen LogP contribution >= 0.6 is 0 Å². The largest absolute Gasteiger partial charge is 0.481 e. The van der Waals surface area contributed by atoms with Crippen molar-refractivity contribution in [2.45, 2.75) is 38.6 Å². The van der Waals surface area contributed by atoms with Crippen LogP contribution in [-0.2, 0) is 4.79 Å². The first-order valence-corrected chi connectivity index (χ1v) is 6.43. The van der Waals surface area contributed by atoms with Crippen LogP contribution in [0.5, 0.6) is 0 Å². The molecule has 0 aliphatic carbocycles. The molecule has 2 amide bonds. The van der Waals surface area contributed by atoms with E-state index in [2.05, 4.69) is 11.9 Å². The number of unbranched alkanes of at least 4 members (excludes halogenated alkanes) is 1. The molecule has 2 N–H and O–H groups in total. The quantitative estimate of drug-likeness (QED) is 0.561. The summed E-state index contributed by atoms with van der Waals surface area (Å²) in [4.78, 5) is 24.2. The highest BCUT2D eigenvalue weighted by atomic mass is 16.4. The Bertz CT molecular complexity index is 317. The monoisotopic (exact) mass is 254 g/mol. The summed E-state index contributed by atoms with van der Waals surface area (Å²) < 4.78 is 0. The van der Waals surface area contributed by atoms with Crippen molar-refractivity contribution in [3.8, 4) is 0 Å². The average Bonchev–Trinajstić information content (AvgIpc) is 2.78. The minimum absolute atomic E-state index is 0.112. The summed E-state index contributed by atoms with van der Waals surface area (Å²) in [5.74, 6) is -1.23. The Morgan fingerprint density at radius 2 is 2.33 bits per heavy atom. The number of carboxylic acid groups (broad SMARTS) is 1. The Morgan fingerprint density at radius 3 is 2.89 bits per heavy atom. The summed E-state index contributed by atoms with van der Waals surface area (Å²) >= 11 is 0. The van der Waals surface area contributed by atoms with Crippen molar-refractivity contribution in [3.63, 3.8) is 0 Å². The van der Waals surface area contributed by atoms with Crippen molar-refractivity contribution in [2.24, 2.45) is 5.92 Å². The molecule has 0 bridgehead atoms. The third-order valence-corrected chi connectivity index (χ3v) is 3.24. The van der Waals surface area contributed by atoms with Gasteiger partial charge in [-0.15, -0.1) is 6.58 Å². The molecule has 1 heterocycles. The van der Waals surface area contributed by atoms with Crippen LogP contribution < -0.4 is 5.32 Å². The maximum absolute atomic E-state index is 11.9. The first-order valence-electron chi connectivity index (χ1n) is 6.43. The van der Waals surface area contributed by atoms with Crippen LogP contribution in [-0.4, -0.2) is 41.1 Å². The molecule has 2 atom stereocenters. The van der Waals surface area contributed by atoms with Crippen molar-refractivity contribution in [3.05, 3.63) is 12.7 Å². The third-order valence-electron chi connectivity index (χ3n) is 3.24. The van der Waals surface area contributed by atoms with Crippen LogP contribution in [0.1, 0.15) is 32.6 Å². The second-order valence-electron chi connectivity index (χ2n) is 4.84. The highest BCUT2D eigenvalue weighted by Gasteiger charge is 2.31. The number of likely N-dealkylation sites (tertiary alicyclic amines) is 1. The summed E-state index contributed by atoms with van der Waals surface area (Å²) in [6, 6.07) is -0.0359. The van der Waals surface area contributed by atoms with Gasteiger partial charge in [-0.3, -0.25) is 4.79 Å². The maximum atomic E-state index is 11.9. The van der Waals surface area contributed by atoms with Gasteiger partial charge >= 0.3 is 12.0 Å². The number of nitrogens with zero attached hydrogens (tertiary/aromatic N) is 1. The molecule has 5 nitrogen and oxygen atoms in total. The maximum Gasteiger partial charge on any atom is 0.317 e. The van der Waals surface area contributed by atoms with Gasteiger partial charge in [-0.2, -0.15) is 0 Å². The average molecular weight is 254 g/mol. The Kier molecular flexibility index (Phi) is 5.68. The van der Waals surface area contributed by atoms with Crippen molar-refractivity contribution < 1.29 is 14.7 Å². The van der Waals surface area contributed by atoms with Crippen molar-refractivity contribution in [1.29, 1.82) is 0 Å². The third kappa shape index (κ3) is 4.39. The van der Waals surface area contributed by atoms with E-state index in [0.717, 1.165) is 19.3 Å². The molecule has 0 radical (unpaired) electrons. The van der Waals surface area contributed by atoms with Gasteiger partial charge in [-0.05, 0) is 32.6 Å². The molecule has 18 heavy (non-hydrogen) atoms. The SMILES string of the molecule is C=CCCCC(C)NC(=O)N1CCC(C(=O)O)C1. The molecule has 1 aliphatic rings. The van der Waals surface area contributed by atoms with E-state index in [4.69, 9.17) is 5.11 Å². The molecule has 1 fully saturated rings. The van der Waals surface area contributed by atoms with Gasteiger partial charge in [0.25, 0.3) is 0 Å². The highest BCUT2D eigenvalue weighted by molar-refractivity contribution is 5.77. The van der Waals surface area contributed by atoms with E-state index in [1.54, 1.807) is 4.90 Å². The van der Waals surface area contributed by atoms with Crippen LogP contribution in [0.3, 0.4) is 0 Å². The van der Waals surface area contributed by atoms with Crippen LogP contribution in [0.15, 0.2) is 12.7 Å².